The number of nitrogens with zero attached hydrogens (tertiary/aromatic N) is 3. The summed E-state index contributed by atoms with van der Waals surface area (Å²) >= 11 is 0. The Balaban J connectivity index is 1.37. The van der Waals surface area contributed by atoms with Gasteiger partial charge < -0.3 is 15.0 Å². The van der Waals surface area contributed by atoms with Gasteiger partial charge in [0.05, 0.1) is 32.0 Å². The highest BCUT2D eigenvalue weighted by Crippen LogP contribution is 2.36. The van der Waals surface area contributed by atoms with Gasteiger partial charge in [-0.05, 0) is 48.9 Å². The molecule has 2 amide bonds. The van der Waals surface area contributed by atoms with E-state index in [1.54, 1.807) is 0 Å². The fourth-order valence-electron chi connectivity index (χ4n) is 3.38. The van der Waals surface area contributed by atoms with Crippen molar-refractivity contribution in [2.75, 3.05) is 25.1 Å². The van der Waals surface area contributed by atoms with Crippen molar-refractivity contribution >= 4 is 11.7 Å². The van der Waals surface area contributed by atoms with E-state index in [2.05, 4.69) is 10.4 Å². The van der Waals surface area contributed by atoms with Gasteiger partial charge in [0.15, 0.2) is 0 Å². The number of aromatic nitrogens is 2. The van der Waals surface area contributed by atoms with Gasteiger partial charge in [-0.1, -0.05) is 12.1 Å². The van der Waals surface area contributed by atoms with E-state index in [-0.39, 0.29) is 12.1 Å². The van der Waals surface area contributed by atoms with Crippen molar-refractivity contribution < 1.29 is 9.53 Å². The Morgan fingerprint density at radius 1 is 1.32 bits per heavy atom. The highest BCUT2D eigenvalue weighted by Gasteiger charge is 2.39. The van der Waals surface area contributed by atoms with Gasteiger partial charge in [-0.3, -0.25) is 4.68 Å². The lowest BCUT2D eigenvalue weighted by Crippen LogP contribution is -2.51. The lowest BCUT2D eigenvalue weighted by molar-refractivity contribution is 0.00773. The van der Waals surface area contributed by atoms with Gasteiger partial charge in [-0.25, -0.2) is 4.79 Å². The van der Waals surface area contributed by atoms with Crippen LogP contribution in [-0.2, 0) is 11.3 Å². The average Bonchev–Trinajstić information content (AvgIpc) is 3.39. The van der Waals surface area contributed by atoms with E-state index in [9.17, 15) is 4.79 Å². The average molecular weight is 340 g/mol. The number of urea groups is 1. The van der Waals surface area contributed by atoms with E-state index in [0.29, 0.717) is 25.7 Å². The van der Waals surface area contributed by atoms with Crippen molar-refractivity contribution in [2.45, 2.75) is 32.4 Å². The summed E-state index contributed by atoms with van der Waals surface area (Å²) in [7, 11) is 0. The number of morpholine rings is 1. The number of aryl methyl sites for hydroxylation is 1. The van der Waals surface area contributed by atoms with E-state index in [1.807, 2.05) is 53.2 Å². The van der Waals surface area contributed by atoms with Crippen molar-refractivity contribution in [3.63, 3.8) is 0 Å². The second-order valence-corrected chi connectivity index (χ2v) is 7.02. The van der Waals surface area contributed by atoms with Crippen LogP contribution in [0.25, 0.3) is 0 Å². The lowest BCUT2D eigenvalue weighted by atomic mass is 10.1. The molecule has 6 heteroatoms. The molecule has 4 rings (SSSR count). The minimum Gasteiger partial charge on any atom is -0.377 e. The minimum absolute atomic E-state index is 0.0179. The Kier molecular flexibility index (Phi) is 4.44. The molecular formula is C19H24N4O2. The van der Waals surface area contributed by atoms with Crippen molar-refractivity contribution in [1.82, 2.24) is 14.7 Å². The SMILES string of the molecule is Cc1cnn(Cc2ccc(NC(=O)N3CCOCC3C3CC3)cc2)c1. The fraction of sp³-hybridized carbons (Fsp3) is 0.474. The van der Waals surface area contributed by atoms with Gasteiger partial charge in [0.2, 0.25) is 0 Å². The summed E-state index contributed by atoms with van der Waals surface area (Å²) < 4.78 is 7.47. The third-order valence-electron chi connectivity index (χ3n) is 4.90. The lowest BCUT2D eigenvalue weighted by Gasteiger charge is -2.35. The maximum absolute atomic E-state index is 12.6. The zero-order valence-corrected chi connectivity index (χ0v) is 14.5. The number of anilines is 1. The van der Waals surface area contributed by atoms with Crippen LogP contribution >= 0.6 is 0 Å². The van der Waals surface area contributed by atoms with Gasteiger partial charge in [0.1, 0.15) is 0 Å². The molecule has 25 heavy (non-hydrogen) atoms. The molecule has 2 aliphatic rings. The normalized spacial score (nSPS) is 20.5. The quantitative estimate of drug-likeness (QED) is 0.931. The summed E-state index contributed by atoms with van der Waals surface area (Å²) in [5.41, 5.74) is 3.13. The molecule has 1 aromatic heterocycles. The zero-order valence-electron chi connectivity index (χ0n) is 14.5. The smallest absolute Gasteiger partial charge is 0.322 e. The van der Waals surface area contributed by atoms with Gasteiger partial charge in [0, 0.05) is 18.4 Å². The van der Waals surface area contributed by atoms with Crippen LogP contribution in [0.1, 0.15) is 24.0 Å². The highest BCUT2D eigenvalue weighted by molar-refractivity contribution is 5.89. The highest BCUT2D eigenvalue weighted by atomic mass is 16.5. The Hall–Kier alpha value is -2.34. The molecule has 6 nitrogen and oxygen atoms in total. The van der Waals surface area contributed by atoms with Crippen molar-refractivity contribution in [1.29, 1.82) is 0 Å². The Morgan fingerprint density at radius 2 is 2.12 bits per heavy atom. The maximum Gasteiger partial charge on any atom is 0.322 e. The summed E-state index contributed by atoms with van der Waals surface area (Å²) in [6, 6.07) is 8.19. The van der Waals surface area contributed by atoms with Crippen LogP contribution in [-0.4, -0.2) is 46.5 Å². The summed E-state index contributed by atoms with van der Waals surface area (Å²) in [4.78, 5) is 14.6. The third kappa shape index (κ3) is 3.85. The Morgan fingerprint density at radius 3 is 2.80 bits per heavy atom. The van der Waals surface area contributed by atoms with Gasteiger partial charge in [0.25, 0.3) is 0 Å². The van der Waals surface area contributed by atoms with E-state index >= 15 is 0 Å². The first kappa shape index (κ1) is 16.1. The van der Waals surface area contributed by atoms with Crippen LogP contribution < -0.4 is 5.32 Å². The second kappa shape index (κ2) is 6.88. The molecule has 1 saturated heterocycles. The second-order valence-electron chi connectivity index (χ2n) is 7.02. The molecule has 0 spiro atoms. The standard InChI is InChI=1S/C19H24N4O2/c1-14-10-20-22(11-14)12-15-2-6-17(7-3-15)21-19(24)23-8-9-25-13-18(23)16-4-5-16/h2-3,6-7,10-11,16,18H,4-5,8-9,12-13H2,1H3,(H,21,24). The zero-order chi connectivity index (χ0) is 17.2. The monoisotopic (exact) mass is 340 g/mol. The molecule has 0 bridgehead atoms. The number of carbonyl (C=O) groups excluding carboxylic acids is 1. The number of hydrogen-bond donors (Lipinski definition) is 1. The molecule has 132 valence electrons. The number of rotatable bonds is 4. The number of hydrogen-bond acceptors (Lipinski definition) is 3. The minimum atomic E-state index is -0.0179. The number of amides is 2. The predicted molar refractivity (Wildman–Crippen MR) is 95.6 cm³/mol. The number of benzene rings is 1. The summed E-state index contributed by atoms with van der Waals surface area (Å²) in [5.74, 6) is 0.617. The van der Waals surface area contributed by atoms with Crippen LogP contribution in [0.4, 0.5) is 10.5 Å². The van der Waals surface area contributed by atoms with Gasteiger partial charge in [-0.15, -0.1) is 0 Å². The summed E-state index contributed by atoms with van der Waals surface area (Å²) in [5, 5.41) is 7.33. The van der Waals surface area contributed by atoms with Gasteiger partial charge >= 0.3 is 6.03 Å². The summed E-state index contributed by atoms with van der Waals surface area (Å²) in [6.07, 6.45) is 6.29. The first-order valence-corrected chi connectivity index (χ1v) is 8.92. The predicted octanol–water partition coefficient (Wildman–Crippen LogP) is 2.88. The topological polar surface area (TPSA) is 59.4 Å². The molecule has 1 aliphatic carbocycles. The molecule has 1 aliphatic heterocycles. The van der Waals surface area contributed by atoms with E-state index in [0.717, 1.165) is 23.4 Å². The van der Waals surface area contributed by atoms with Crippen LogP contribution in [0.2, 0.25) is 0 Å². The van der Waals surface area contributed by atoms with Crippen LogP contribution in [0, 0.1) is 12.8 Å². The first-order chi connectivity index (χ1) is 12.2. The van der Waals surface area contributed by atoms with Crippen LogP contribution in [0.5, 0.6) is 0 Å². The largest absolute Gasteiger partial charge is 0.377 e. The van der Waals surface area contributed by atoms with E-state index in [1.165, 1.54) is 12.8 Å². The Labute approximate surface area is 147 Å². The number of nitrogens with one attached hydrogen (secondary N) is 1. The molecule has 1 aromatic carbocycles. The fourth-order valence-corrected chi connectivity index (χ4v) is 3.38. The molecule has 0 radical (unpaired) electrons. The maximum atomic E-state index is 12.6. The molecule has 1 N–H and O–H groups in total. The first-order valence-electron chi connectivity index (χ1n) is 8.92. The molecule has 1 atom stereocenters. The Bertz CT molecular complexity index is 736. The number of carbonyl (C=O) groups is 1. The van der Waals surface area contributed by atoms with Crippen molar-refractivity contribution in [2.24, 2.45) is 5.92 Å². The third-order valence-corrected chi connectivity index (χ3v) is 4.90. The summed E-state index contributed by atoms with van der Waals surface area (Å²) in [6.45, 7) is 4.72. The molecule has 1 unspecified atom stereocenters. The van der Waals surface area contributed by atoms with Crippen molar-refractivity contribution in [3.8, 4) is 0 Å². The molecule has 1 saturated carbocycles. The molecule has 2 fully saturated rings. The van der Waals surface area contributed by atoms with E-state index in [4.69, 9.17) is 4.74 Å². The van der Waals surface area contributed by atoms with Gasteiger partial charge in [-0.2, -0.15) is 5.10 Å². The molecular weight excluding hydrogens is 316 g/mol. The molecule has 2 heterocycles. The number of ether oxygens (including phenoxy) is 1. The van der Waals surface area contributed by atoms with Crippen LogP contribution in [0.15, 0.2) is 36.7 Å². The van der Waals surface area contributed by atoms with E-state index < -0.39 is 0 Å². The molecule has 2 aromatic rings. The van der Waals surface area contributed by atoms with Crippen molar-refractivity contribution in [3.05, 3.63) is 47.8 Å². The van der Waals surface area contributed by atoms with Crippen LogP contribution in [0.3, 0.4) is 0 Å².